The van der Waals surface area contributed by atoms with Crippen molar-refractivity contribution in [3.63, 3.8) is 0 Å². The summed E-state index contributed by atoms with van der Waals surface area (Å²) < 4.78 is 11.1. The van der Waals surface area contributed by atoms with Gasteiger partial charge in [0.05, 0.1) is 4.90 Å². The molecule has 0 amide bonds. The molecule has 1 atom stereocenters. The highest BCUT2D eigenvalue weighted by Gasteiger charge is 2.00. The van der Waals surface area contributed by atoms with Gasteiger partial charge in [0.1, 0.15) is 11.0 Å². The van der Waals surface area contributed by atoms with Crippen LogP contribution in [0.3, 0.4) is 0 Å². The van der Waals surface area contributed by atoms with E-state index in [1.165, 1.54) is 0 Å². The Morgan fingerprint density at radius 2 is 1.53 bits per heavy atom. The molecule has 2 aromatic rings. The largest absolute Gasteiger partial charge is 0.248 e. The Hall–Kier alpha value is -1.45. The third-order valence-corrected chi connectivity index (χ3v) is 2.89. The van der Waals surface area contributed by atoms with Crippen LogP contribution in [0.15, 0.2) is 59.5 Å². The first kappa shape index (κ1) is 10.1. The Morgan fingerprint density at radius 1 is 0.867 bits per heavy atom. The van der Waals surface area contributed by atoms with Crippen LogP contribution in [0.2, 0.25) is 0 Å². The average Bonchev–Trinajstić information content (AvgIpc) is 2.30. The second-order valence-corrected chi connectivity index (χ2v) is 4.26. The molecular weight excluding hydrogens is 206 g/mol. The van der Waals surface area contributed by atoms with Gasteiger partial charge in [0.25, 0.3) is 0 Å². The van der Waals surface area contributed by atoms with Crippen molar-refractivity contribution in [3.05, 3.63) is 54.6 Å². The summed E-state index contributed by atoms with van der Waals surface area (Å²) in [4.78, 5) is 0.649. The quantitative estimate of drug-likeness (QED) is 0.824. The maximum Gasteiger partial charge on any atom is 0.122 e. The molecule has 2 aromatic carbocycles. The average molecular weight is 217 g/mol. The summed E-state index contributed by atoms with van der Waals surface area (Å²) in [6.07, 6.45) is 0. The molecule has 0 aliphatic carbocycles. The van der Waals surface area contributed by atoms with Gasteiger partial charge >= 0.3 is 0 Å². The monoisotopic (exact) mass is 217 g/mol. The standard InChI is InChI=1S/C12H11NOS/c13-15(14)12-8-4-7-11(9-12)10-5-2-1-3-6-10/h1-9H,13H2/t15-/m1/s1. The van der Waals surface area contributed by atoms with E-state index in [9.17, 15) is 4.21 Å². The second-order valence-electron chi connectivity index (χ2n) is 3.19. The molecule has 0 aliphatic rings. The van der Waals surface area contributed by atoms with Crippen molar-refractivity contribution in [2.75, 3.05) is 0 Å². The number of hydrogen-bond acceptors (Lipinski definition) is 1. The molecule has 0 saturated carbocycles. The van der Waals surface area contributed by atoms with E-state index in [2.05, 4.69) is 0 Å². The molecule has 15 heavy (non-hydrogen) atoms. The number of rotatable bonds is 2. The first-order valence-corrected chi connectivity index (χ1v) is 5.80. The van der Waals surface area contributed by atoms with Crippen LogP contribution < -0.4 is 5.14 Å². The SMILES string of the molecule is N[S@](=O)c1cccc(-c2ccccc2)c1. The van der Waals surface area contributed by atoms with E-state index in [4.69, 9.17) is 5.14 Å². The molecule has 0 aliphatic heterocycles. The van der Waals surface area contributed by atoms with Crippen LogP contribution in [0.1, 0.15) is 0 Å². The molecule has 3 heteroatoms. The summed E-state index contributed by atoms with van der Waals surface area (Å²) in [7, 11) is -1.41. The first-order valence-electron chi connectivity index (χ1n) is 4.59. The zero-order valence-electron chi connectivity index (χ0n) is 8.09. The third-order valence-electron chi connectivity index (χ3n) is 2.17. The molecule has 0 saturated heterocycles. The van der Waals surface area contributed by atoms with Gasteiger partial charge in [-0.1, -0.05) is 42.5 Å². The van der Waals surface area contributed by atoms with Gasteiger partial charge in [-0.2, -0.15) is 0 Å². The Labute approximate surface area is 91.3 Å². The van der Waals surface area contributed by atoms with Crippen molar-refractivity contribution in [2.24, 2.45) is 5.14 Å². The lowest BCUT2D eigenvalue weighted by Gasteiger charge is -2.02. The topological polar surface area (TPSA) is 43.1 Å². The lowest BCUT2D eigenvalue weighted by molar-refractivity contribution is 0.684. The minimum Gasteiger partial charge on any atom is -0.248 e. The van der Waals surface area contributed by atoms with Gasteiger partial charge in [-0.25, -0.2) is 9.35 Å². The molecular formula is C12H11NOS. The highest BCUT2D eigenvalue weighted by Crippen LogP contribution is 2.20. The zero-order chi connectivity index (χ0) is 10.7. The molecule has 0 aromatic heterocycles. The third kappa shape index (κ3) is 2.32. The van der Waals surface area contributed by atoms with Crippen LogP contribution in [-0.2, 0) is 11.0 Å². The zero-order valence-corrected chi connectivity index (χ0v) is 8.91. The van der Waals surface area contributed by atoms with Crippen molar-refractivity contribution >= 4 is 11.0 Å². The van der Waals surface area contributed by atoms with Crippen LogP contribution in [-0.4, -0.2) is 4.21 Å². The molecule has 0 bridgehead atoms. The maximum atomic E-state index is 11.1. The van der Waals surface area contributed by atoms with Gasteiger partial charge in [0.2, 0.25) is 0 Å². The number of hydrogen-bond donors (Lipinski definition) is 1. The smallest absolute Gasteiger partial charge is 0.122 e. The Bertz CT molecular complexity index is 482. The molecule has 2 rings (SSSR count). The van der Waals surface area contributed by atoms with E-state index in [1.54, 1.807) is 6.07 Å². The van der Waals surface area contributed by atoms with E-state index >= 15 is 0 Å². The van der Waals surface area contributed by atoms with Crippen LogP contribution >= 0.6 is 0 Å². The fraction of sp³-hybridized carbons (Fsp3) is 0. The summed E-state index contributed by atoms with van der Waals surface area (Å²) in [5, 5.41) is 5.33. The van der Waals surface area contributed by atoms with Gasteiger partial charge in [-0.05, 0) is 23.3 Å². The van der Waals surface area contributed by atoms with E-state index in [0.717, 1.165) is 11.1 Å². The van der Waals surface area contributed by atoms with Crippen LogP contribution in [0.5, 0.6) is 0 Å². The fourth-order valence-corrected chi connectivity index (χ4v) is 1.89. The summed E-state index contributed by atoms with van der Waals surface area (Å²) >= 11 is 0. The minimum absolute atomic E-state index is 0.649. The minimum atomic E-state index is -1.41. The van der Waals surface area contributed by atoms with Crippen molar-refractivity contribution < 1.29 is 4.21 Å². The molecule has 0 unspecified atom stereocenters. The van der Waals surface area contributed by atoms with Gasteiger partial charge in [-0.15, -0.1) is 0 Å². The summed E-state index contributed by atoms with van der Waals surface area (Å²) in [5.41, 5.74) is 2.14. The van der Waals surface area contributed by atoms with Gasteiger partial charge in [0.15, 0.2) is 0 Å². The number of benzene rings is 2. The lowest BCUT2D eigenvalue weighted by Crippen LogP contribution is -2.02. The molecule has 2 N–H and O–H groups in total. The predicted octanol–water partition coefficient (Wildman–Crippen LogP) is 2.33. The first-order chi connectivity index (χ1) is 7.27. The molecule has 2 nitrogen and oxygen atoms in total. The van der Waals surface area contributed by atoms with Gasteiger partial charge < -0.3 is 0 Å². The van der Waals surface area contributed by atoms with Gasteiger partial charge in [0, 0.05) is 0 Å². The van der Waals surface area contributed by atoms with E-state index in [0.29, 0.717) is 4.90 Å². The molecule has 0 spiro atoms. The summed E-state index contributed by atoms with van der Waals surface area (Å²) in [6.45, 7) is 0. The fourth-order valence-electron chi connectivity index (χ4n) is 1.43. The Kier molecular flexibility index (Phi) is 2.94. The van der Waals surface area contributed by atoms with Gasteiger partial charge in [-0.3, -0.25) is 0 Å². The normalized spacial score (nSPS) is 12.3. The van der Waals surface area contributed by atoms with E-state index < -0.39 is 11.0 Å². The predicted molar refractivity (Wildman–Crippen MR) is 62.5 cm³/mol. The van der Waals surface area contributed by atoms with Crippen molar-refractivity contribution in [3.8, 4) is 11.1 Å². The lowest BCUT2D eigenvalue weighted by atomic mass is 10.1. The molecule has 0 radical (unpaired) electrons. The highest BCUT2D eigenvalue weighted by molar-refractivity contribution is 7.82. The highest BCUT2D eigenvalue weighted by atomic mass is 32.2. The van der Waals surface area contributed by atoms with E-state index in [-0.39, 0.29) is 0 Å². The second kappa shape index (κ2) is 4.38. The maximum absolute atomic E-state index is 11.1. The van der Waals surface area contributed by atoms with E-state index in [1.807, 2.05) is 48.5 Å². The number of nitrogens with two attached hydrogens (primary N) is 1. The van der Waals surface area contributed by atoms with Crippen molar-refractivity contribution in [1.82, 2.24) is 0 Å². The molecule has 0 fully saturated rings. The Morgan fingerprint density at radius 3 is 2.20 bits per heavy atom. The summed E-state index contributed by atoms with van der Waals surface area (Å²) in [6, 6.07) is 17.4. The van der Waals surface area contributed by atoms with Crippen LogP contribution in [0.4, 0.5) is 0 Å². The summed E-state index contributed by atoms with van der Waals surface area (Å²) in [5.74, 6) is 0. The molecule has 76 valence electrons. The van der Waals surface area contributed by atoms with Crippen molar-refractivity contribution in [1.29, 1.82) is 0 Å². The molecule has 0 heterocycles. The van der Waals surface area contributed by atoms with Crippen LogP contribution in [0, 0.1) is 0 Å². The van der Waals surface area contributed by atoms with Crippen molar-refractivity contribution in [2.45, 2.75) is 4.90 Å². The van der Waals surface area contributed by atoms with Crippen LogP contribution in [0.25, 0.3) is 11.1 Å². The Balaban J connectivity index is 2.46.